The van der Waals surface area contributed by atoms with Crippen molar-refractivity contribution in [2.75, 3.05) is 12.3 Å². The molecule has 1 atom stereocenters. The lowest BCUT2D eigenvalue weighted by Crippen LogP contribution is -2.12. The van der Waals surface area contributed by atoms with Crippen molar-refractivity contribution in [2.45, 2.75) is 73.1 Å². The van der Waals surface area contributed by atoms with Crippen molar-refractivity contribution in [1.82, 2.24) is 4.72 Å². The van der Waals surface area contributed by atoms with Gasteiger partial charge in [0.25, 0.3) is 0 Å². The molecule has 17 heavy (non-hydrogen) atoms. The molecule has 0 rings (SSSR count). The molecule has 1 radical (unpaired) electrons. The quantitative estimate of drug-likeness (QED) is 0.384. The van der Waals surface area contributed by atoms with Crippen LogP contribution in [0.15, 0.2) is 0 Å². The molecule has 0 aromatic heterocycles. The van der Waals surface area contributed by atoms with Crippen LogP contribution >= 0.6 is 11.9 Å². The zero-order chi connectivity index (χ0) is 13.1. The Hall–Kier alpha value is 0.310. The van der Waals surface area contributed by atoms with Crippen LogP contribution < -0.4 is 4.72 Å². The predicted molar refractivity (Wildman–Crippen MR) is 81.5 cm³/mol. The second-order valence-corrected chi connectivity index (χ2v) is 7.33. The highest BCUT2D eigenvalue weighted by molar-refractivity contribution is 7.97. The minimum absolute atomic E-state index is 0.474. The third-order valence-corrected chi connectivity index (χ3v) is 3.64. The molecule has 0 aliphatic heterocycles. The summed E-state index contributed by atoms with van der Waals surface area (Å²) in [6.45, 7) is 12.7. The minimum atomic E-state index is 0.474. The number of unbranched alkanes of at least 4 members (excludes halogenated alkanes) is 3. The van der Waals surface area contributed by atoms with Crippen LogP contribution in [0.25, 0.3) is 0 Å². The second-order valence-electron chi connectivity index (χ2n) is 6.41. The third kappa shape index (κ3) is 14.2. The minimum Gasteiger partial charge on any atom is -0.175 e. The molecule has 1 unspecified atom stereocenters. The van der Waals surface area contributed by atoms with E-state index in [0.717, 1.165) is 12.5 Å². The van der Waals surface area contributed by atoms with Crippen molar-refractivity contribution in [2.24, 2.45) is 11.3 Å². The normalized spacial score (nSPS) is 13.9. The summed E-state index contributed by atoms with van der Waals surface area (Å²) in [5.41, 5.74) is 0.474. The van der Waals surface area contributed by atoms with Crippen LogP contribution in [0.5, 0.6) is 0 Å². The van der Waals surface area contributed by atoms with Crippen molar-refractivity contribution < 1.29 is 0 Å². The van der Waals surface area contributed by atoms with Crippen molar-refractivity contribution in [3.8, 4) is 0 Å². The Morgan fingerprint density at radius 1 is 1.12 bits per heavy atom. The van der Waals surface area contributed by atoms with E-state index in [9.17, 15) is 0 Å². The van der Waals surface area contributed by atoms with E-state index in [1.165, 1.54) is 44.3 Å². The van der Waals surface area contributed by atoms with Gasteiger partial charge in [-0.1, -0.05) is 65.8 Å². The third-order valence-electron chi connectivity index (χ3n) is 2.86. The second kappa shape index (κ2) is 10.3. The molecule has 1 nitrogen and oxygen atoms in total. The molecule has 0 fully saturated rings. The van der Waals surface area contributed by atoms with Crippen molar-refractivity contribution in [3.05, 3.63) is 0 Å². The topological polar surface area (TPSA) is 14.1 Å². The summed E-state index contributed by atoms with van der Waals surface area (Å²) in [7, 11) is 0. The first-order valence-electron chi connectivity index (χ1n) is 7.24. The molecule has 0 saturated heterocycles. The highest BCUT2D eigenvalue weighted by Gasteiger charge is 2.14. The summed E-state index contributed by atoms with van der Waals surface area (Å²) in [4.78, 5) is 0. The molecular formula is C15H32NS. The number of hydrogen-bond acceptors (Lipinski definition) is 1. The molecule has 0 aliphatic carbocycles. The fourth-order valence-corrected chi connectivity index (χ4v) is 3.03. The van der Waals surface area contributed by atoms with Gasteiger partial charge in [0.15, 0.2) is 0 Å². The van der Waals surface area contributed by atoms with Gasteiger partial charge in [-0.15, -0.1) is 0 Å². The molecular weight excluding hydrogens is 226 g/mol. The first-order valence-corrected chi connectivity index (χ1v) is 8.18. The maximum absolute atomic E-state index is 4.53. The maximum atomic E-state index is 4.53. The van der Waals surface area contributed by atoms with Gasteiger partial charge in [-0.3, -0.25) is 0 Å². The van der Waals surface area contributed by atoms with Crippen molar-refractivity contribution >= 4 is 11.9 Å². The Balaban J connectivity index is 3.22. The predicted octanol–water partition coefficient (Wildman–Crippen LogP) is 5.28. The Bertz CT molecular complexity index is 163. The van der Waals surface area contributed by atoms with E-state index in [4.69, 9.17) is 0 Å². The van der Waals surface area contributed by atoms with Gasteiger partial charge in [0.05, 0.1) is 0 Å². The van der Waals surface area contributed by atoms with Gasteiger partial charge in [0.1, 0.15) is 0 Å². The van der Waals surface area contributed by atoms with E-state index in [2.05, 4.69) is 39.3 Å². The Morgan fingerprint density at radius 3 is 2.41 bits per heavy atom. The molecule has 0 bridgehead atoms. The lowest BCUT2D eigenvalue weighted by molar-refractivity contribution is 0.303. The van der Waals surface area contributed by atoms with E-state index in [1.807, 2.05) is 0 Å². The lowest BCUT2D eigenvalue weighted by atomic mass is 9.84. The van der Waals surface area contributed by atoms with Gasteiger partial charge in [-0.05, 0) is 30.6 Å². The molecule has 0 aromatic carbocycles. The van der Waals surface area contributed by atoms with Gasteiger partial charge in [-0.25, -0.2) is 0 Å². The van der Waals surface area contributed by atoms with Crippen molar-refractivity contribution in [3.63, 3.8) is 0 Å². The van der Waals surface area contributed by atoms with Gasteiger partial charge < -0.3 is 0 Å². The SMILES string of the molecule is CCCCCC[N]SCCC(C)CC(C)(C)C. The van der Waals surface area contributed by atoms with Crippen LogP contribution in [0.2, 0.25) is 0 Å². The van der Waals surface area contributed by atoms with E-state index in [1.54, 1.807) is 11.9 Å². The van der Waals surface area contributed by atoms with Crippen molar-refractivity contribution in [1.29, 1.82) is 0 Å². The Labute approximate surface area is 114 Å². The first kappa shape index (κ1) is 17.3. The molecule has 0 aromatic rings. The van der Waals surface area contributed by atoms with E-state index in [0.29, 0.717) is 5.41 Å². The molecule has 0 saturated carbocycles. The largest absolute Gasteiger partial charge is 0.175 e. The fraction of sp³-hybridized carbons (Fsp3) is 1.00. The first-order chi connectivity index (χ1) is 7.95. The van der Waals surface area contributed by atoms with E-state index in [-0.39, 0.29) is 0 Å². The van der Waals surface area contributed by atoms with Crippen LogP contribution in [0.4, 0.5) is 0 Å². The fourth-order valence-electron chi connectivity index (χ4n) is 2.13. The van der Waals surface area contributed by atoms with Crippen LogP contribution in [0.3, 0.4) is 0 Å². The highest BCUT2D eigenvalue weighted by atomic mass is 32.2. The van der Waals surface area contributed by atoms with E-state index < -0.39 is 0 Å². The average Bonchev–Trinajstić information content (AvgIpc) is 2.19. The van der Waals surface area contributed by atoms with E-state index >= 15 is 0 Å². The van der Waals surface area contributed by atoms with Gasteiger partial charge >= 0.3 is 0 Å². The van der Waals surface area contributed by atoms with Crippen LogP contribution in [-0.2, 0) is 0 Å². The number of nitrogens with zero attached hydrogens (tertiary/aromatic N) is 1. The Morgan fingerprint density at radius 2 is 1.82 bits per heavy atom. The summed E-state index contributed by atoms with van der Waals surface area (Å²) in [6, 6.07) is 0. The molecule has 103 valence electrons. The van der Waals surface area contributed by atoms with Crippen LogP contribution in [-0.4, -0.2) is 12.3 Å². The summed E-state index contributed by atoms with van der Waals surface area (Å²) in [5.74, 6) is 2.03. The molecule has 0 amide bonds. The number of hydrogen-bond donors (Lipinski definition) is 0. The zero-order valence-electron chi connectivity index (χ0n) is 12.6. The molecule has 2 heteroatoms. The highest BCUT2D eigenvalue weighted by Crippen LogP contribution is 2.26. The summed E-state index contributed by atoms with van der Waals surface area (Å²) >= 11 is 1.79. The summed E-state index contributed by atoms with van der Waals surface area (Å²) < 4.78 is 4.53. The average molecular weight is 258 g/mol. The van der Waals surface area contributed by atoms with Gasteiger partial charge in [0.2, 0.25) is 0 Å². The molecule has 0 aliphatic rings. The Kier molecular flexibility index (Phi) is 10.4. The summed E-state index contributed by atoms with van der Waals surface area (Å²) in [5, 5.41) is 0. The zero-order valence-corrected chi connectivity index (χ0v) is 13.4. The van der Waals surface area contributed by atoms with Gasteiger partial charge in [0, 0.05) is 12.3 Å². The molecule has 0 N–H and O–H groups in total. The van der Waals surface area contributed by atoms with Gasteiger partial charge in [-0.2, -0.15) is 4.72 Å². The van der Waals surface area contributed by atoms with Crippen LogP contribution in [0, 0.1) is 11.3 Å². The maximum Gasteiger partial charge on any atom is 0.0256 e. The number of rotatable bonds is 10. The molecule has 0 spiro atoms. The lowest BCUT2D eigenvalue weighted by Gasteiger charge is -2.22. The van der Waals surface area contributed by atoms with Crippen LogP contribution in [0.1, 0.15) is 73.1 Å². The molecule has 0 heterocycles. The standard InChI is InChI=1S/C15H32NS/c1-6-7-8-9-11-16-17-12-10-14(2)13-15(3,4)5/h14H,6-13H2,1-5H3. The smallest absolute Gasteiger partial charge is 0.0256 e. The summed E-state index contributed by atoms with van der Waals surface area (Å²) in [6.07, 6.45) is 7.93. The monoisotopic (exact) mass is 258 g/mol.